The van der Waals surface area contributed by atoms with Crippen LogP contribution in [0.3, 0.4) is 0 Å². The van der Waals surface area contributed by atoms with E-state index in [1.54, 1.807) is 18.2 Å². The lowest BCUT2D eigenvalue weighted by Crippen LogP contribution is -2.14. The number of carbonyl (C=O) groups is 1. The molecule has 0 amide bonds. The van der Waals surface area contributed by atoms with Crippen molar-refractivity contribution in [2.45, 2.75) is 19.3 Å². The van der Waals surface area contributed by atoms with E-state index in [1.165, 1.54) is 13.2 Å². The summed E-state index contributed by atoms with van der Waals surface area (Å²) >= 11 is -3.57. The first kappa shape index (κ1) is 13.1. The van der Waals surface area contributed by atoms with Crippen molar-refractivity contribution in [1.82, 2.24) is 0 Å². The molecule has 0 bridgehead atoms. The van der Waals surface area contributed by atoms with Crippen molar-refractivity contribution in [2.75, 3.05) is 7.11 Å². The molecule has 0 saturated carbocycles. The van der Waals surface area contributed by atoms with Gasteiger partial charge in [-0.05, 0) is 18.1 Å². The van der Waals surface area contributed by atoms with Crippen molar-refractivity contribution < 1.29 is 15.7 Å². The molecular formula is C11H13IO4. The minimum absolute atomic E-state index is 0.281. The maximum atomic E-state index is 11.5. The van der Waals surface area contributed by atoms with Crippen LogP contribution in [0.2, 0.25) is 0 Å². The fourth-order valence-corrected chi connectivity index (χ4v) is 3.12. The summed E-state index contributed by atoms with van der Waals surface area (Å²) in [5, 5.41) is 0. The van der Waals surface area contributed by atoms with Crippen molar-refractivity contribution in [3.63, 3.8) is 0 Å². The highest BCUT2D eigenvalue weighted by atomic mass is 127. The lowest BCUT2D eigenvalue weighted by molar-refractivity contribution is -0.142. The first-order valence-corrected chi connectivity index (χ1v) is 7.67. The van der Waals surface area contributed by atoms with E-state index in [-0.39, 0.29) is 3.57 Å². The van der Waals surface area contributed by atoms with Gasteiger partial charge in [0.1, 0.15) is 0 Å². The average Bonchev–Trinajstić information content (AvgIpc) is 2.30. The third kappa shape index (κ3) is 2.78. The van der Waals surface area contributed by atoms with Crippen LogP contribution >= 0.6 is 19.8 Å². The molecule has 1 aromatic rings. The molecule has 1 unspecified atom stereocenters. The molecule has 0 aromatic heterocycles. The summed E-state index contributed by atoms with van der Waals surface area (Å²) in [5.41, 5.74) is 0.548. The van der Waals surface area contributed by atoms with Gasteiger partial charge in [0.15, 0.2) is 0 Å². The van der Waals surface area contributed by atoms with Crippen molar-refractivity contribution in [2.24, 2.45) is 0 Å². The van der Waals surface area contributed by atoms with Crippen molar-refractivity contribution in [1.29, 1.82) is 0 Å². The van der Waals surface area contributed by atoms with E-state index in [1.807, 2.05) is 6.92 Å². The predicted octanol–water partition coefficient (Wildman–Crippen LogP) is 2.72. The monoisotopic (exact) mass is 336 g/mol. The number of methoxy groups -OCH3 is 1. The molecule has 88 valence electrons. The zero-order valence-corrected chi connectivity index (χ0v) is 11.3. The van der Waals surface area contributed by atoms with E-state index in [9.17, 15) is 10.9 Å². The molecule has 0 saturated heterocycles. The average molecular weight is 336 g/mol. The maximum Gasteiger partial charge on any atom is 0.341 e. The number of esters is 1. The highest BCUT2D eigenvalue weighted by Crippen LogP contribution is 2.30. The molecular weight excluding hydrogens is 323 g/mol. The molecule has 0 N–H and O–H groups in total. The Balaban J connectivity index is 3.24. The standard InChI is InChI=1S/C11H13IO4/c1-3-8(11(13)16-2)9-6-4-5-7-10(9)12(14)15/h4-8H,3H2,1-2H3. The summed E-state index contributed by atoms with van der Waals surface area (Å²) in [6.45, 7) is 1.83. The summed E-state index contributed by atoms with van der Waals surface area (Å²) in [4.78, 5) is 11.5. The fraction of sp³-hybridized carbons (Fsp3) is 0.364. The van der Waals surface area contributed by atoms with E-state index in [0.29, 0.717) is 12.0 Å². The smallest absolute Gasteiger partial charge is 0.341 e. The molecule has 16 heavy (non-hydrogen) atoms. The second kappa shape index (κ2) is 5.93. The van der Waals surface area contributed by atoms with Crippen LogP contribution in [-0.4, -0.2) is 13.1 Å². The van der Waals surface area contributed by atoms with Gasteiger partial charge in [0.25, 0.3) is 0 Å². The number of ether oxygens (including phenoxy) is 1. The Bertz CT molecular complexity index is 443. The topological polar surface area (TPSA) is 60.4 Å². The van der Waals surface area contributed by atoms with Crippen LogP contribution in [0.15, 0.2) is 24.3 Å². The Morgan fingerprint density at radius 1 is 1.38 bits per heavy atom. The van der Waals surface area contributed by atoms with Crippen LogP contribution in [0.25, 0.3) is 0 Å². The fourth-order valence-electron chi connectivity index (χ4n) is 1.55. The van der Waals surface area contributed by atoms with E-state index in [4.69, 9.17) is 0 Å². The summed E-state index contributed by atoms with van der Waals surface area (Å²) in [6.07, 6.45) is 0.522. The van der Waals surface area contributed by atoms with Gasteiger partial charge < -0.3 is 4.74 Å². The molecule has 1 aromatic carbocycles. The van der Waals surface area contributed by atoms with Crippen molar-refractivity contribution in [3.8, 4) is 0 Å². The minimum Gasteiger partial charge on any atom is -0.469 e. The van der Waals surface area contributed by atoms with Crippen LogP contribution in [-0.2, 0) is 15.7 Å². The van der Waals surface area contributed by atoms with Gasteiger partial charge in [-0.3, -0.25) is 4.79 Å². The van der Waals surface area contributed by atoms with Crippen LogP contribution in [0.5, 0.6) is 0 Å². The van der Waals surface area contributed by atoms with Crippen molar-refractivity contribution in [3.05, 3.63) is 33.4 Å². The van der Waals surface area contributed by atoms with Gasteiger partial charge in [0, 0.05) is 0 Å². The molecule has 1 atom stereocenters. The molecule has 0 radical (unpaired) electrons. The van der Waals surface area contributed by atoms with Crippen LogP contribution in [0, 0.1) is 3.57 Å². The zero-order valence-electron chi connectivity index (χ0n) is 9.10. The summed E-state index contributed by atoms with van der Waals surface area (Å²) < 4.78 is 27.2. The number of hydrogen-bond acceptors (Lipinski definition) is 4. The molecule has 0 heterocycles. The lowest BCUT2D eigenvalue weighted by Gasteiger charge is -2.13. The van der Waals surface area contributed by atoms with E-state index in [2.05, 4.69) is 4.74 Å². The molecule has 0 aliphatic heterocycles. The summed E-state index contributed by atoms with van der Waals surface area (Å²) in [7, 11) is 1.30. The van der Waals surface area contributed by atoms with Crippen molar-refractivity contribution >= 4 is 25.8 Å². The molecule has 0 aliphatic rings. The molecule has 5 heteroatoms. The minimum atomic E-state index is -3.57. The normalized spacial score (nSPS) is 12.4. The highest BCUT2D eigenvalue weighted by molar-refractivity contribution is 14.2. The zero-order chi connectivity index (χ0) is 12.1. The predicted molar refractivity (Wildman–Crippen MR) is 65.6 cm³/mol. The number of hydrogen-bond donors (Lipinski definition) is 0. The molecule has 4 nitrogen and oxygen atoms in total. The largest absolute Gasteiger partial charge is 0.469 e. The molecule has 1 rings (SSSR count). The Hall–Kier alpha value is -0.980. The van der Waals surface area contributed by atoms with Gasteiger partial charge in [-0.25, -0.2) is 6.14 Å². The Morgan fingerprint density at radius 2 is 2.00 bits per heavy atom. The number of benzene rings is 1. The molecule has 0 spiro atoms. The Kier molecular flexibility index (Phi) is 4.85. The van der Waals surface area contributed by atoms with Crippen LogP contribution in [0.1, 0.15) is 24.8 Å². The number of carbonyl (C=O) groups excluding carboxylic acids is 1. The summed E-state index contributed by atoms with van der Waals surface area (Å²) in [6, 6.07) is 6.58. The number of rotatable bonds is 4. The van der Waals surface area contributed by atoms with Crippen LogP contribution < -0.4 is 0 Å². The van der Waals surface area contributed by atoms with Gasteiger partial charge in [-0.1, -0.05) is 25.1 Å². The van der Waals surface area contributed by atoms with Gasteiger partial charge in [-0.2, -0.15) is 0 Å². The van der Waals surface area contributed by atoms with Gasteiger partial charge in [0.2, 0.25) is 0 Å². The highest BCUT2D eigenvalue weighted by Gasteiger charge is 2.23. The molecule has 0 fully saturated rings. The SMILES string of the molecule is CCC(C(=O)OC)c1ccccc1I(=O)=O. The molecule has 0 aliphatic carbocycles. The quantitative estimate of drug-likeness (QED) is 0.627. The van der Waals surface area contributed by atoms with Gasteiger partial charge in [-0.15, -0.1) is 0 Å². The van der Waals surface area contributed by atoms with E-state index in [0.717, 1.165) is 0 Å². The second-order valence-electron chi connectivity index (χ2n) is 3.22. The third-order valence-electron chi connectivity index (χ3n) is 2.34. The first-order chi connectivity index (χ1) is 7.61. The maximum absolute atomic E-state index is 11.5. The van der Waals surface area contributed by atoms with E-state index < -0.39 is 31.7 Å². The third-order valence-corrected chi connectivity index (χ3v) is 4.27. The Labute approximate surface area is 101 Å². The van der Waals surface area contributed by atoms with Crippen LogP contribution in [0.4, 0.5) is 0 Å². The van der Waals surface area contributed by atoms with Gasteiger partial charge in [0.05, 0.1) is 16.6 Å². The summed E-state index contributed by atoms with van der Waals surface area (Å²) in [5.74, 6) is -0.892. The Morgan fingerprint density at radius 3 is 2.50 bits per heavy atom. The second-order valence-corrected chi connectivity index (χ2v) is 5.63. The lowest BCUT2D eigenvalue weighted by atomic mass is 9.97. The number of halogens is 1. The van der Waals surface area contributed by atoms with Gasteiger partial charge >= 0.3 is 25.8 Å². The van der Waals surface area contributed by atoms with E-state index >= 15 is 0 Å². The first-order valence-electron chi connectivity index (χ1n) is 4.83.